The van der Waals surface area contributed by atoms with Gasteiger partial charge in [-0.1, -0.05) is 24.0 Å². The van der Waals surface area contributed by atoms with Gasteiger partial charge in [-0.15, -0.1) is 0 Å². The second-order valence-electron chi connectivity index (χ2n) is 7.33. The van der Waals surface area contributed by atoms with Gasteiger partial charge in [0.1, 0.15) is 5.60 Å². The molecule has 31 heavy (non-hydrogen) atoms. The molecule has 11 nitrogen and oxygen atoms in total. The van der Waals surface area contributed by atoms with E-state index in [0.29, 0.717) is 17.7 Å². The number of carboxylic acid groups (broad SMARTS) is 1. The third-order valence-electron chi connectivity index (χ3n) is 3.60. The fraction of sp³-hybridized carbons (Fsp3) is 0.474. The maximum Gasteiger partial charge on any atom is 0.420 e. The van der Waals surface area contributed by atoms with Crippen LogP contribution in [0.25, 0.3) is 0 Å². The Hall–Kier alpha value is -3.17. The second-order valence-corrected chi connectivity index (χ2v) is 9.10. The van der Waals surface area contributed by atoms with Gasteiger partial charge >= 0.3 is 12.2 Å². The van der Waals surface area contributed by atoms with Crippen molar-refractivity contribution < 1.29 is 32.8 Å². The number of sulfonamides is 1. The first-order valence-corrected chi connectivity index (χ1v) is 10.7. The molecule has 2 N–H and O–H groups in total. The largest absolute Gasteiger partial charge is 0.464 e. The van der Waals surface area contributed by atoms with Gasteiger partial charge in [-0.2, -0.15) is 4.72 Å². The molecule has 0 aliphatic heterocycles. The highest BCUT2D eigenvalue weighted by molar-refractivity contribution is 7.89. The summed E-state index contributed by atoms with van der Waals surface area (Å²) in [6, 6.07) is 5.91. The van der Waals surface area contributed by atoms with Crippen molar-refractivity contribution >= 4 is 22.2 Å². The SMILES string of the molecule is CC(C)(C)OC(=O)N(CC#CCNS(=O)(=O)c1ccc(CCC[N+](=O)[O-])cc1)C(=O)O. The van der Waals surface area contributed by atoms with E-state index < -0.39 is 39.3 Å². The summed E-state index contributed by atoms with van der Waals surface area (Å²) in [7, 11) is -3.85. The van der Waals surface area contributed by atoms with Crippen LogP contribution >= 0.6 is 0 Å². The smallest absolute Gasteiger partial charge is 0.420 e. The van der Waals surface area contributed by atoms with Gasteiger partial charge in [-0.25, -0.2) is 22.9 Å². The average molecular weight is 455 g/mol. The molecule has 0 aromatic heterocycles. The van der Waals surface area contributed by atoms with Gasteiger partial charge in [0.2, 0.25) is 16.6 Å². The lowest BCUT2D eigenvalue weighted by molar-refractivity contribution is -0.480. The lowest BCUT2D eigenvalue weighted by Crippen LogP contribution is -2.40. The molecule has 12 heteroatoms. The summed E-state index contributed by atoms with van der Waals surface area (Å²) in [4.78, 5) is 33.3. The summed E-state index contributed by atoms with van der Waals surface area (Å²) >= 11 is 0. The van der Waals surface area contributed by atoms with E-state index in [-0.39, 0.29) is 18.0 Å². The molecule has 0 heterocycles. The predicted molar refractivity (Wildman–Crippen MR) is 111 cm³/mol. The number of nitrogens with one attached hydrogen (secondary N) is 1. The molecule has 2 amide bonds. The molecule has 1 aromatic carbocycles. The van der Waals surface area contributed by atoms with Gasteiger partial charge in [0.05, 0.1) is 18.0 Å². The van der Waals surface area contributed by atoms with Crippen molar-refractivity contribution in [2.24, 2.45) is 0 Å². The number of nitro groups is 1. The highest BCUT2D eigenvalue weighted by atomic mass is 32.2. The zero-order chi connectivity index (χ0) is 23.7. The Morgan fingerprint density at radius 2 is 1.84 bits per heavy atom. The topological polar surface area (TPSA) is 156 Å². The van der Waals surface area contributed by atoms with Crippen LogP contribution < -0.4 is 4.72 Å². The maximum atomic E-state index is 12.3. The Bertz CT molecular complexity index is 957. The Labute approximate surface area is 180 Å². The lowest BCUT2D eigenvalue weighted by atomic mass is 10.1. The number of ether oxygens (including phenoxy) is 1. The molecule has 0 saturated heterocycles. The summed E-state index contributed by atoms with van der Waals surface area (Å²) in [5.41, 5.74) is -0.105. The lowest BCUT2D eigenvalue weighted by Gasteiger charge is -2.23. The Balaban J connectivity index is 2.62. The van der Waals surface area contributed by atoms with Crippen molar-refractivity contribution in [3.63, 3.8) is 0 Å². The summed E-state index contributed by atoms with van der Waals surface area (Å²) in [6.07, 6.45) is -1.81. The summed E-state index contributed by atoms with van der Waals surface area (Å²) < 4.78 is 31.8. The normalized spacial score (nSPS) is 11.2. The van der Waals surface area contributed by atoms with Crippen molar-refractivity contribution in [2.45, 2.75) is 44.1 Å². The molecule has 0 atom stereocenters. The van der Waals surface area contributed by atoms with Gasteiger partial charge < -0.3 is 9.84 Å². The Kier molecular flexibility index (Phi) is 9.41. The summed E-state index contributed by atoms with van der Waals surface area (Å²) in [5, 5.41) is 19.4. The average Bonchev–Trinajstić information content (AvgIpc) is 2.62. The summed E-state index contributed by atoms with van der Waals surface area (Å²) in [6.45, 7) is 3.83. The van der Waals surface area contributed by atoms with E-state index >= 15 is 0 Å². The van der Waals surface area contributed by atoms with E-state index in [0.717, 1.165) is 5.56 Å². The number of hydrogen-bond donors (Lipinski definition) is 2. The second kappa shape index (κ2) is 11.3. The Morgan fingerprint density at radius 1 is 1.23 bits per heavy atom. The molecule has 1 aromatic rings. The molecular formula is C19H25N3O8S. The van der Waals surface area contributed by atoms with Crippen LogP contribution in [0, 0.1) is 22.0 Å². The van der Waals surface area contributed by atoms with Crippen LogP contribution in [0.15, 0.2) is 29.2 Å². The van der Waals surface area contributed by atoms with Crippen molar-refractivity contribution in [1.82, 2.24) is 9.62 Å². The molecule has 0 unspecified atom stereocenters. The van der Waals surface area contributed by atoms with Crippen molar-refractivity contribution in [1.29, 1.82) is 0 Å². The number of benzene rings is 1. The number of rotatable bonds is 8. The molecule has 0 fully saturated rings. The fourth-order valence-corrected chi connectivity index (χ4v) is 3.11. The minimum absolute atomic E-state index is 0.00626. The molecule has 170 valence electrons. The van der Waals surface area contributed by atoms with Crippen molar-refractivity contribution in [2.75, 3.05) is 19.6 Å². The molecule has 1 rings (SSSR count). The highest BCUT2D eigenvalue weighted by Crippen LogP contribution is 2.12. The molecule has 0 aliphatic carbocycles. The zero-order valence-electron chi connectivity index (χ0n) is 17.5. The maximum absolute atomic E-state index is 12.3. The quantitative estimate of drug-likeness (QED) is 0.343. The standard InChI is InChI=1S/C19H25N3O8S/c1-19(2,3)30-18(25)21(17(23)24)13-5-4-12-20-31(28,29)16-10-8-15(9-11-16)7-6-14-22(26)27/h8-11,20H,6-7,12-14H2,1-3H3,(H,23,24). The van der Waals surface area contributed by atoms with Crippen LogP contribution in [0.3, 0.4) is 0 Å². The number of hydrogen-bond acceptors (Lipinski definition) is 7. The van der Waals surface area contributed by atoms with Gasteiger partial charge in [0.25, 0.3) is 0 Å². The molecule has 0 spiro atoms. The number of imide groups is 1. The van der Waals surface area contributed by atoms with Gasteiger partial charge in [-0.05, 0) is 44.9 Å². The first kappa shape index (κ1) is 25.9. The molecule has 0 radical (unpaired) electrons. The van der Waals surface area contributed by atoms with Crippen LogP contribution in [0.1, 0.15) is 32.8 Å². The number of carbonyl (C=O) groups is 2. The van der Waals surface area contributed by atoms with E-state index in [1.165, 1.54) is 12.1 Å². The van der Waals surface area contributed by atoms with Crippen LogP contribution in [0.4, 0.5) is 9.59 Å². The van der Waals surface area contributed by atoms with Crippen LogP contribution in [-0.4, -0.2) is 60.8 Å². The van der Waals surface area contributed by atoms with E-state index in [9.17, 15) is 28.1 Å². The van der Waals surface area contributed by atoms with Gasteiger partial charge in [0.15, 0.2) is 0 Å². The van der Waals surface area contributed by atoms with Crippen LogP contribution in [0.2, 0.25) is 0 Å². The van der Waals surface area contributed by atoms with Gasteiger partial charge in [0, 0.05) is 11.3 Å². The molecular weight excluding hydrogens is 430 g/mol. The number of nitrogens with zero attached hydrogens (tertiary/aromatic N) is 2. The van der Waals surface area contributed by atoms with Gasteiger partial charge in [-0.3, -0.25) is 10.1 Å². The molecule has 0 saturated carbocycles. The first-order valence-electron chi connectivity index (χ1n) is 9.21. The third-order valence-corrected chi connectivity index (χ3v) is 5.01. The monoisotopic (exact) mass is 455 g/mol. The number of aryl methyl sites for hydroxylation is 1. The van der Waals surface area contributed by atoms with E-state index in [4.69, 9.17) is 9.84 Å². The number of carbonyl (C=O) groups excluding carboxylic acids is 1. The fourth-order valence-electron chi connectivity index (χ4n) is 2.19. The van der Waals surface area contributed by atoms with Crippen molar-refractivity contribution in [3.8, 4) is 11.8 Å². The van der Waals surface area contributed by atoms with E-state index in [2.05, 4.69) is 16.6 Å². The van der Waals surface area contributed by atoms with E-state index in [1.54, 1.807) is 32.9 Å². The first-order chi connectivity index (χ1) is 14.3. The summed E-state index contributed by atoms with van der Waals surface area (Å²) in [5.74, 6) is 4.86. The zero-order valence-corrected chi connectivity index (χ0v) is 18.3. The van der Waals surface area contributed by atoms with Crippen LogP contribution in [0.5, 0.6) is 0 Å². The predicted octanol–water partition coefficient (Wildman–Crippen LogP) is 2.09. The highest BCUT2D eigenvalue weighted by Gasteiger charge is 2.26. The minimum atomic E-state index is -3.85. The minimum Gasteiger partial charge on any atom is -0.464 e. The van der Waals surface area contributed by atoms with Crippen LogP contribution in [-0.2, 0) is 21.2 Å². The van der Waals surface area contributed by atoms with Crippen molar-refractivity contribution in [3.05, 3.63) is 39.9 Å². The third kappa shape index (κ3) is 9.92. The molecule has 0 bridgehead atoms. The van der Waals surface area contributed by atoms with E-state index in [1.807, 2.05) is 0 Å². The number of amides is 2. The Morgan fingerprint density at radius 3 is 2.35 bits per heavy atom. The molecule has 0 aliphatic rings.